The summed E-state index contributed by atoms with van der Waals surface area (Å²) in [5, 5.41) is 6.01. The molecule has 2 aliphatic rings. The van der Waals surface area contributed by atoms with Crippen LogP contribution in [0.15, 0.2) is 6.20 Å². The van der Waals surface area contributed by atoms with E-state index in [0.29, 0.717) is 18.0 Å². The van der Waals surface area contributed by atoms with Crippen LogP contribution in [0.5, 0.6) is 0 Å². The number of hydrogen-bond acceptors (Lipinski definition) is 5. The van der Waals surface area contributed by atoms with Crippen molar-refractivity contribution in [2.24, 2.45) is 0 Å². The van der Waals surface area contributed by atoms with Crippen molar-refractivity contribution in [3.63, 3.8) is 0 Å². The fourth-order valence-electron chi connectivity index (χ4n) is 3.00. The molecule has 1 spiro atoms. The maximum atomic E-state index is 12.4. The van der Waals surface area contributed by atoms with Crippen LogP contribution >= 0.6 is 11.3 Å². The van der Waals surface area contributed by atoms with Gasteiger partial charge in [-0.15, -0.1) is 11.3 Å². The Hall–Kier alpha value is -1.96. The van der Waals surface area contributed by atoms with Crippen molar-refractivity contribution in [2.45, 2.75) is 44.6 Å². The van der Waals surface area contributed by atoms with Crippen molar-refractivity contribution in [1.29, 1.82) is 0 Å². The Bertz CT molecular complexity index is 621. The van der Waals surface area contributed by atoms with E-state index in [1.165, 1.54) is 11.3 Å². The zero-order valence-corrected chi connectivity index (χ0v) is 13.2. The lowest BCUT2D eigenvalue weighted by Crippen LogP contribution is -2.44. The fourth-order valence-corrected chi connectivity index (χ4v) is 3.69. The highest BCUT2D eigenvalue weighted by molar-refractivity contribution is 7.15. The lowest BCUT2D eigenvalue weighted by Gasteiger charge is -2.19. The topological polar surface area (TPSA) is 91.4 Å². The van der Waals surface area contributed by atoms with Gasteiger partial charge >= 0.3 is 6.03 Å². The standard InChI is InChI=1S/C14H18N4O3S/c1-9-8-15-12(22-9)16-10(19)4-7-18-11(20)14(17-13(18)21)5-2-3-6-14/h8H,2-7H2,1H3,(H,17,21)(H,15,16,19). The molecule has 0 radical (unpaired) electrons. The molecule has 0 atom stereocenters. The summed E-state index contributed by atoms with van der Waals surface area (Å²) in [5.41, 5.74) is -0.708. The van der Waals surface area contributed by atoms with Crippen LogP contribution in [0.1, 0.15) is 37.0 Å². The van der Waals surface area contributed by atoms with Crippen molar-refractivity contribution < 1.29 is 14.4 Å². The number of amides is 4. The predicted molar refractivity (Wildman–Crippen MR) is 81.5 cm³/mol. The summed E-state index contributed by atoms with van der Waals surface area (Å²) in [6.07, 6.45) is 5.04. The minimum absolute atomic E-state index is 0.0772. The van der Waals surface area contributed by atoms with E-state index in [0.717, 1.165) is 22.6 Å². The van der Waals surface area contributed by atoms with Crippen molar-refractivity contribution in [1.82, 2.24) is 15.2 Å². The predicted octanol–water partition coefficient (Wildman–Crippen LogP) is 1.64. The molecule has 2 N–H and O–H groups in total. The lowest BCUT2D eigenvalue weighted by atomic mass is 9.98. The number of carbonyl (C=O) groups is 3. The van der Waals surface area contributed by atoms with Crippen molar-refractivity contribution in [3.05, 3.63) is 11.1 Å². The number of nitrogens with one attached hydrogen (secondary N) is 2. The minimum atomic E-state index is -0.708. The van der Waals surface area contributed by atoms with E-state index >= 15 is 0 Å². The van der Waals surface area contributed by atoms with Gasteiger partial charge in [-0.05, 0) is 19.8 Å². The van der Waals surface area contributed by atoms with Crippen molar-refractivity contribution in [2.75, 3.05) is 11.9 Å². The number of aryl methyl sites for hydroxylation is 1. The second-order valence-corrected chi connectivity index (χ2v) is 6.99. The first-order valence-electron chi connectivity index (χ1n) is 7.37. The molecule has 7 nitrogen and oxygen atoms in total. The van der Waals surface area contributed by atoms with E-state index in [4.69, 9.17) is 0 Å². The number of carbonyl (C=O) groups excluding carboxylic acids is 3. The van der Waals surface area contributed by atoms with E-state index in [9.17, 15) is 14.4 Å². The number of anilines is 1. The van der Waals surface area contributed by atoms with Gasteiger partial charge in [0.25, 0.3) is 5.91 Å². The fraction of sp³-hybridized carbons (Fsp3) is 0.571. The molecule has 4 amide bonds. The molecule has 0 bridgehead atoms. The molecule has 1 aromatic rings. The zero-order valence-electron chi connectivity index (χ0n) is 12.3. The Balaban J connectivity index is 1.56. The summed E-state index contributed by atoms with van der Waals surface area (Å²) in [4.78, 5) is 42.5. The first-order valence-corrected chi connectivity index (χ1v) is 8.18. The van der Waals surface area contributed by atoms with Crippen molar-refractivity contribution >= 4 is 34.3 Å². The van der Waals surface area contributed by atoms with Gasteiger partial charge in [0, 0.05) is 24.0 Å². The summed E-state index contributed by atoms with van der Waals surface area (Å²) in [5.74, 6) is -0.435. The van der Waals surface area contributed by atoms with Gasteiger partial charge in [0.2, 0.25) is 5.91 Å². The van der Waals surface area contributed by atoms with Crippen LogP contribution in [0, 0.1) is 6.92 Å². The SMILES string of the molecule is Cc1cnc(NC(=O)CCN2C(=O)NC3(CCCC3)C2=O)s1. The summed E-state index contributed by atoms with van der Waals surface area (Å²) < 4.78 is 0. The number of nitrogens with zero attached hydrogens (tertiary/aromatic N) is 2. The molecule has 1 saturated heterocycles. The van der Waals surface area contributed by atoms with Crippen LogP contribution in [0.2, 0.25) is 0 Å². The number of hydrogen-bond donors (Lipinski definition) is 2. The number of urea groups is 1. The van der Waals surface area contributed by atoms with Crippen LogP contribution < -0.4 is 10.6 Å². The van der Waals surface area contributed by atoms with Gasteiger partial charge in [-0.1, -0.05) is 12.8 Å². The molecule has 0 aromatic carbocycles. The van der Waals surface area contributed by atoms with E-state index < -0.39 is 5.54 Å². The van der Waals surface area contributed by atoms with Gasteiger partial charge in [-0.3, -0.25) is 14.5 Å². The van der Waals surface area contributed by atoms with Crippen LogP contribution in [0.25, 0.3) is 0 Å². The second kappa shape index (κ2) is 5.68. The van der Waals surface area contributed by atoms with Crippen molar-refractivity contribution in [3.8, 4) is 0 Å². The van der Waals surface area contributed by atoms with Crippen LogP contribution in [0.3, 0.4) is 0 Å². The van der Waals surface area contributed by atoms with Gasteiger partial charge < -0.3 is 10.6 Å². The second-order valence-electron chi connectivity index (χ2n) is 5.75. The maximum Gasteiger partial charge on any atom is 0.325 e. The van der Waals surface area contributed by atoms with Gasteiger partial charge in [0.05, 0.1) is 0 Å². The first kappa shape index (κ1) is 15.0. The Labute approximate surface area is 132 Å². The van der Waals surface area contributed by atoms with Gasteiger partial charge in [-0.2, -0.15) is 0 Å². The molecule has 2 fully saturated rings. The van der Waals surface area contributed by atoms with E-state index in [1.54, 1.807) is 6.20 Å². The Morgan fingerprint density at radius 2 is 2.18 bits per heavy atom. The number of imide groups is 1. The lowest BCUT2D eigenvalue weighted by molar-refractivity contribution is -0.131. The largest absolute Gasteiger partial charge is 0.325 e. The molecule has 0 unspecified atom stereocenters. The van der Waals surface area contributed by atoms with Crippen LogP contribution in [-0.2, 0) is 9.59 Å². The summed E-state index contributed by atoms with van der Waals surface area (Å²) >= 11 is 1.39. The monoisotopic (exact) mass is 322 g/mol. The van der Waals surface area contributed by atoms with Gasteiger partial charge in [0.15, 0.2) is 5.13 Å². The molecular formula is C14H18N4O3S. The van der Waals surface area contributed by atoms with Crippen LogP contribution in [-0.4, -0.2) is 39.8 Å². The Morgan fingerprint density at radius 3 is 2.82 bits per heavy atom. The molecule has 118 valence electrons. The first-order chi connectivity index (χ1) is 10.5. The Kier molecular flexibility index (Phi) is 3.86. The third-order valence-electron chi connectivity index (χ3n) is 4.13. The maximum absolute atomic E-state index is 12.4. The molecular weight excluding hydrogens is 304 g/mol. The normalized spacial score (nSPS) is 19.8. The number of aromatic nitrogens is 1. The quantitative estimate of drug-likeness (QED) is 0.825. The number of rotatable bonds is 4. The molecule has 22 heavy (non-hydrogen) atoms. The summed E-state index contributed by atoms with van der Waals surface area (Å²) in [6, 6.07) is -0.384. The molecule has 1 saturated carbocycles. The van der Waals surface area contributed by atoms with Gasteiger partial charge in [0.1, 0.15) is 5.54 Å². The third kappa shape index (κ3) is 2.70. The highest BCUT2D eigenvalue weighted by Gasteiger charge is 2.52. The summed E-state index contributed by atoms with van der Waals surface area (Å²) in [7, 11) is 0. The molecule has 2 heterocycles. The molecule has 8 heteroatoms. The average molecular weight is 322 g/mol. The third-order valence-corrected chi connectivity index (χ3v) is 4.96. The number of thiazole rings is 1. The average Bonchev–Trinajstić information content (AvgIpc) is 3.13. The Morgan fingerprint density at radius 1 is 1.45 bits per heavy atom. The van der Waals surface area contributed by atoms with E-state index in [1.807, 2.05) is 6.92 Å². The minimum Gasteiger partial charge on any atom is -0.323 e. The van der Waals surface area contributed by atoms with E-state index in [-0.39, 0.29) is 30.8 Å². The van der Waals surface area contributed by atoms with E-state index in [2.05, 4.69) is 15.6 Å². The highest BCUT2D eigenvalue weighted by Crippen LogP contribution is 2.35. The zero-order chi connectivity index (χ0) is 15.7. The summed E-state index contributed by atoms with van der Waals surface area (Å²) in [6.45, 7) is 2.00. The molecule has 3 rings (SSSR count). The molecule has 1 aromatic heterocycles. The smallest absolute Gasteiger partial charge is 0.323 e. The molecule has 1 aliphatic carbocycles. The highest BCUT2D eigenvalue weighted by atomic mass is 32.1. The van der Waals surface area contributed by atoms with Gasteiger partial charge in [-0.25, -0.2) is 9.78 Å². The molecule has 1 aliphatic heterocycles. The van der Waals surface area contributed by atoms with Crippen LogP contribution in [0.4, 0.5) is 9.93 Å².